The second kappa shape index (κ2) is 5.74. The summed E-state index contributed by atoms with van der Waals surface area (Å²) in [5.74, 6) is -3.41. The summed E-state index contributed by atoms with van der Waals surface area (Å²) in [5.41, 5.74) is 2.01. The van der Waals surface area contributed by atoms with Crippen LogP contribution in [0.25, 0.3) is 0 Å². The molecule has 21 heavy (non-hydrogen) atoms. The standard InChI is InChI=1S/C14H14N2O5/c1-9-2-4-10(5-3-9)6-7-15-12(19)13(20)16(14(15)21)8-11(17)18/h2-5H,6-8H2,1H3,(H,17,18). The van der Waals surface area contributed by atoms with E-state index in [0.717, 1.165) is 16.0 Å². The van der Waals surface area contributed by atoms with Gasteiger partial charge in [0.2, 0.25) is 0 Å². The number of carboxylic acids is 1. The van der Waals surface area contributed by atoms with Crippen LogP contribution in [0, 0.1) is 6.92 Å². The quantitative estimate of drug-likeness (QED) is 0.626. The first kappa shape index (κ1) is 14.7. The molecule has 0 unspecified atom stereocenters. The number of rotatable bonds is 5. The minimum atomic E-state index is -1.34. The molecule has 0 spiro atoms. The lowest BCUT2D eigenvalue weighted by Gasteiger charge is -2.14. The van der Waals surface area contributed by atoms with Gasteiger partial charge in [0.1, 0.15) is 6.54 Å². The molecule has 0 bridgehead atoms. The highest BCUT2D eigenvalue weighted by Crippen LogP contribution is 2.13. The number of carbonyl (C=O) groups is 4. The first-order valence-corrected chi connectivity index (χ1v) is 6.35. The van der Waals surface area contributed by atoms with Gasteiger partial charge in [0, 0.05) is 6.54 Å². The Morgan fingerprint density at radius 2 is 1.62 bits per heavy atom. The highest BCUT2D eigenvalue weighted by Gasteiger charge is 2.44. The fraction of sp³-hybridized carbons (Fsp3) is 0.286. The highest BCUT2D eigenvalue weighted by molar-refractivity contribution is 6.44. The molecule has 110 valence electrons. The van der Waals surface area contributed by atoms with Crippen LogP contribution in [0.4, 0.5) is 4.79 Å². The molecule has 0 aliphatic carbocycles. The fourth-order valence-corrected chi connectivity index (χ4v) is 2.02. The number of aliphatic carboxylic acids is 1. The van der Waals surface area contributed by atoms with Crippen LogP contribution >= 0.6 is 0 Å². The predicted molar refractivity (Wildman–Crippen MR) is 71.3 cm³/mol. The summed E-state index contributed by atoms with van der Waals surface area (Å²) in [5, 5.41) is 8.64. The van der Waals surface area contributed by atoms with Gasteiger partial charge in [-0.25, -0.2) is 9.69 Å². The van der Waals surface area contributed by atoms with E-state index >= 15 is 0 Å². The molecule has 1 aliphatic rings. The summed E-state index contributed by atoms with van der Waals surface area (Å²) in [7, 11) is 0. The van der Waals surface area contributed by atoms with Gasteiger partial charge in [-0.1, -0.05) is 29.8 Å². The zero-order valence-electron chi connectivity index (χ0n) is 11.4. The molecule has 0 atom stereocenters. The van der Waals surface area contributed by atoms with E-state index in [1.165, 1.54) is 0 Å². The Labute approximate surface area is 120 Å². The van der Waals surface area contributed by atoms with Crippen LogP contribution in [0.5, 0.6) is 0 Å². The molecule has 7 heteroatoms. The average Bonchev–Trinajstić information content (AvgIpc) is 2.63. The Kier molecular flexibility index (Phi) is 4.02. The first-order valence-electron chi connectivity index (χ1n) is 6.35. The van der Waals surface area contributed by atoms with Gasteiger partial charge in [0.15, 0.2) is 0 Å². The molecule has 1 heterocycles. The normalized spacial score (nSPS) is 15.0. The van der Waals surface area contributed by atoms with Crippen LogP contribution in [-0.4, -0.2) is 51.8 Å². The Bertz CT molecular complexity index is 608. The van der Waals surface area contributed by atoms with E-state index in [4.69, 9.17) is 5.11 Å². The SMILES string of the molecule is Cc1ccc(CCN2C(=O)C(=O)N(CC(=O)O)C2=O)cc1. The summed E-state index contributed by atoms with van der Waals surface area (Å²) < 4.78 is 0. The van der Waals surface area contributed by atoms with Crippen molar-refractivity contribution in [3.05, 3.63) is 35.4 Å². The second-order valence-electron chi connectivity index (χ2n) is 4.76. The monoisotopic (exact) mass is 290 g/mol. The van der Waals surface area contributed by atoms with Crippen molar-refractivity contribution in [2.75, 3.05) is 13.1 Å². The summed E-state index contributed by atoms with van der Waals surface area (Å²) in [6.45, 7) is 1.19. The average molecular weight is 290 g/mol. The summed E-state index contributed by atoms with van der Waals surface area (Å²) in [4.78, 5) is 47.0. The maximum Gasteiger partial charge on any atom is 0.334 e. The molecule has 0 radical (unpaired) electrons. The van der Waals surface area contributed by atoms with Crippen molar-refractivity contribution in [1.29, 1.82) is 0 Å². The number of hydrogen-bond donors (Lipinski definition) is 1. The molecule has 1 aromatic carbocycles. The van der Waals surface area contributed by atoms with Crippen LogP contribution in [0.3, 0.4) is 0 Å². The van der Waals surface area contributed by atoms with Crippen molar-refractivity contribution in [3.8, 4) is 0 Å². The van der Waals surface area contributed by atoms with Crippen molar-refractivity contribution < 1.29 is 24.3 Å². The van der Waals surface area contributed by atoms with Crippen LogP contribution in [0.2, 0.25) is 0 Å². The molecule has 2 rings (SSSR count). The third-order valence-corrected chi connectivity index (χ3v) is 3.17. The van der Waals surface area contributed by atoms with Gasteiger partial charge in [0.05, 0.1) is 0 Å². The van der Waals surface area contributed by atoms with Crippen molar-refractivity contribution >= 4 is 23.8 Å². The van der Waals surface area contributed by atoms with Crippen molar-refractivity contribution in [1.82, 2.24) is 9.80 Å². The number of carboxylic acid groups (broad SMARTS) is 1. The second-order valence-corrected chi connectivity index (χ2v) is 4.76. The zero-order valence-corrected chi connectivity index (χ0v) is 11.4. The van der Waals surface area contributed by atoms with Crippen LogP contribution in [0.1, 0.15) is 11.1 Å². The zero-order chi connectivity index (χ0) is 15.6. The number of nitrogens with zero attached hydrogens (tertiary/aromatic N) is 2. The molecule has 1 fully saturated rings. The third-order valence-electron chi connectivity index (χ3n) is 3.17. The topological polar surface area (TPSA) is 95.0 Å². The lowest BCUT2D eigenvalue weighted by Crippen LogP contribution is -2.37. The van der Waals surface area contributed by atoms with Crippen LogP contribution in [-0.2, 0) is 20.8 Å². The Hall–Kier alpha value is -2.70. The number of aryl methyl sites for hydroxylation is 1. The largest absolute Gasteiger partial charge is 0.480 e. The summed E-state index contributed by atoms with van der Waals surface area (Å²) in [6, 6.07) is 6.68. The van der Waals surface area contributed by atoms with E-state index in [1.807, 2.05) is 31.2 Å². The number of imide groups is 2. The number of amides is 4. The van der Waals surface area contributed by atoms with Gasteiger partial charge in [-0.3, -0.25) is 19.3 Å². The first-order chi connectivity index (χ1) is 9.90. The number of urea groups is 1. The van der Waals surface area contributed by atoms with E-state index in [9.17, 15) is 19.2 Å². The molecule has 0 aromatic heterocycles. The third kappa shape index (κ3) is 3.07. The molecule has 4 amide bonds. The van der Waals surface area contributed by atoms with E-state index < -0.39 is 30.4 Å². The molecular formula is C14H14N2O5. The molecule has 7 nitrogen and oxygen atoms in total. The van der Waals surface area contributed by atoms with Gasteiger partial charge in [-0.2, -0.15) is 0 Å². The number of hydrogen-bond acceptors (Lipinski definition) is 4. The Morgan fingerprint density at radius 3 is 2.19 bits per heavy atom. The minimum absolute atomic E-state index is 0.0442. The Morgan fingerprint density at radius 1 is 1.05 bits per heavy atom. The fourth-order valence-electron chi connectivity index (χ4n) is 2.02. The van der Waals surface area contributed by atoms with Crippen LogP contribution in [0.15, 0.2) is 24.3 Å². The van der Waals surface area contributed by atoms with Crippen LogP contribution < -0.4 is 0 Å². The van der Waals surface area contributed by atoms with Gasteiger partial charge in [-0.05, 0) is 18.9 Å². The lowest BCUT2D eigenvalue weighted by atomic mass is 10.1. The maximum atomic E-state index is 11.9. The van der Waals surface area contributed by atoms with E-state index in [0.29, 0.717) is 11.3 Å². The predicted octanol–water partition coefficient (Wildman–Crippen LogP) is 0.413. The van der Waals surface area contributed by atoms with Crippen molar-refractivity contribution in [3.63, 3.8) is 0 Å². The maximum absolute atomic E-state index is 11.9. The number of benzene rings is 1. The minimum Gasteiger partial charge on any atom is -0.480 e. The van der Waals surface area contributed by atoms with Gasteiger partial charge in [0.25, 0.3) is 0 Å². The molecular weight excluding hydrogens is 276 g/mol. The molecule has 1 aromatic rings. The van der Waals surface area contributed by atoms with E-state index in [1.54, 1.807) is 0 Å². The molecule has 1 saturated heterocycles. The number of carbonyl (C=O) groups excluding carboxylic acids is 3. The smallest absolute Gasteiger partial charge is 0.334 e. The van der Waals surface area contributed by atoms with Crippen molar-refractivity contribution in [2.45, 2.75) is 13.3 Å². The molecule has 1 aliphatic heterocycles. The van der Waals surface area contributed by atoms with Gasteiger partial charge < -0.3 is 5.11 Å². The Balaban J connectivity index is 2.04. The van der Waals surface area contributed by atoms with E-state index in [2.05, 4.69) is 0 Å². The lowest BCUT2D eigenvalue weighted by molar-refractivity contribution is -0.146. The van der Waals surface area contributed by atoms with Gasteiger partial charge in [-0.15, -0.1) is 0 Å². The van der Waals surface area contributed by atoms with Crippen molar-refractivity contribution in [2.24, 2.45) is 0 Å². The summed E-state index contributed by atoms with van der Waals surface area (Å²) >= 11 is 0. The van der Waals surface area contributed by atoms with Gasteiger partial charge >= 0.3 is 23.8 Å². The highest BCUT2D eigenvalue weighted by atomic mass is 16.4. The molecule has 0 saturated carbocycles. The molecule has 1 N–H and O–H groups in total. The van der Waals surface area contributed by atoms with E-state index in [-0.39, 0.29) is 6.54 Å². The summed E-state index contributed by atoms with van der Waals surface area (Å²) in [6.07, 6.45) is 0.409.